The fourth-order valence-corrected chi connectivity index (χ4v) is 5.51. The number of nitrogens with zero attached hydrogens (tertiary/aromatic N) is 3. The molecule has 4 nitrogen and oxygen atoms in total. The number of hydrazone groups is 1. The van der Waals surface area contributed by atoms with Crippen molar-refractivity contribution in [1.82, 2.24) is 10.3 Å². The van der Waals surface area contributed by atoms with Crippen LogP contribution in [0.25, 0.3) is 10.2 Å². The molecule has 0 radical (unpaired) electrons. The van der Waals surface area contributed by atoms with Gasteiger partial charge in [-0.1, -0.05) is 18.2 Å². The van der Waals surface area contributed by atoms with E-state index in [9.17, 15) is 0 Å². The number of anilines is 1. The van der Waals surface area contributed by atoms with Crippen LogP contribution in [0.3, 0.4) is 0 Å². The van der Waals surface area contributed by atoms with Crippen molar-refractivity contribution in [2.24, 2.45) is 5.10 Å². The number of hydrogen-bond donors (Lipinski definition) is 1. The summed E-state index contributed by atoms with van der Waals surface area (Å²) in [6, 6.07) is 9.12. The first kappa shape index (κ1) is 19.1. The molecule has 3 aromatic rings. The summed E-state index contributed by atoms with van der Waals surface area (Å²) in [7, 11) is 1.96. The van der Waals surface area contributed by atoms with Crippen LogP contribution in [0.4, 0.5) is 5.69 Å². The largest absolute Gasteiger partial charge is 0.308 e. The Balaban J connectivity index is 1.56. The monoisotopic (exact) mass is 392 g/mol. The average Bonchev–Trinajstić information content (AvgIpc) is 3.05. The zero-order valence-electron chi connectivity index (χ0n) is 17.0. The van der Waals surface area contributed by atoms with E-state index in [0.29, 0.717) is 0 Å². The molecule has 1 N–H and O–H groups in total. The van der Waals surface area contributed by atoms with Crippen molar-refractivity contribution in [3.05, 3.63) is 57.1 Å². The van der Waals surface area contributed by atoms with E-state index < -0.39 is 0 Å². The zero-order valence-corrected chi connectivity index (χ0v) is 17.8. The fourth-order valence-electron chi connectivity index (χ4n) is 4.22. The Morgan fingerprint density at radius 2 is 1.93 bits per heavy atom. The lowest BCUT2D eigenvalue weighted by Gasteiger charge is -2.17. The normalized spacial score (nSPS) is 13.5. The summed E-state index contributed by atoms with van der Waals surface area (Å²) < 4.78 is 0. The minimum absolute atomic E-state index is 0.797. The van der Waals surface area contributed by atoms with Crippen LogP contribution >= 0.6 is 11.3 Å². The van der Waals surface area contributed by atoms with Crippen molar-refractivity contribution in [3.63, 3.8) is 0 Å². The fraction of sp³-hybridized carbons (Fsp3) is 0.391. The molecule has 0 unspecified atom stereocenters. The second kappa shape index (κ2) is 8.02. The maximum Gasteiger partial charge on any atom is 0.126 e. The van der Waals surface area contributed by atoms with Gasteiger partial charge in [-0.2, -0.15) is 5.10 Å². The quantitative estimate of drug-likeness (QED) is 0.467. The van der Waals surface area contributed by atoms with Gasteiger partial charge >= 0.3 is 0 Å². The van der Waals surface area contributed by atoms with Crippen LogP contribution in [0.1, 0.15) is 45.7 Å². The molecule has 0 fully saturated rings. The zero-order chi connectivity index (χ0) is 19.7. The summed E-state index contributed by atoms with van der Waals surface area (Å²) in [6.45, 7) is 9.59. The van der Waals surface area contributed by atoms with E-state index in [1.165, 1.54) is 52.6 Å². The van der Waals surface area contributed by atoms with E-state index in [4.69, 9.17) is 4.98 Å². The van der Waals surface area contributed by atoms with Crippen LogP contribution in [0.5, 0.6) is 0 Å². The lowest BCUT2D eigenvalue weighted by atomic mass is 9.90. The summed E-state index contributed by atoms with van der Waals surface area (Å²) >= 11 is 1.75. The number of fused-ring (bicyclic) bond motifs is 2. The molecule has 5 heteroatoms. The molecule has 0 amide bonds. The summed E-state index contributed by atoms with van der Waals surface area (Å²) in [4.78, 5) is 7.08. The molecular weight excluding hydrogens is 364 g/mol. The molecule has 0 saturated carbocycles. The van der Waals surface area contributed by atoms with E-state index >= 15 is 0 Å². The van der Waals surface area contributed by atoms with Gasteiger partial charge in [0.2, 0.25) is 0 Å². The predicted molar refractivity (Wildman–Crippen MR) is 121 cm³/mol. The number of thiophene rings is 1. The molecule has 1 aromatic carbocycles. The van der Waals surface area contributed by atoms with Crippen LogP contribution in [-0.2, 0) is 25.9 Å². The molecule has 0 saturated heterocycles. The maximum absolute atomic E-state index is 4.75. The minimum atomic E-state index is 0.797. The highest BCUT2D eigenvalue weighted by Crippen LogP contribution is 2.39. The summed E-state index contributed by atoms with van der Waals surface area (Å²) in [5, 5.41) is 10.9. The average molecular weight is 393 g/mol. The number of benzene rings is 1. The van der Waals surface area contributed by atoms with Gasteiger partial charge in [-0.15, -0.1) is 11.3 Å². The second-order valence-electron chi connectivity index (χ2n) is 7.71. The van der Waals surface area contributed by atoms with Crippen LogP contribution < -0.4 is 10.3 Å². The molecule has 1 aliphatic carbocycles. The van der Waals surface area contributed by atoms with Crippen molar-refractivity contribution in [2.45, 2.75) is 52.6 Å². The van der Waals surface area contributed by atoms with Gasteiger partial charge in [0.05, 0.1) is 5.69 Å². The topological polar surface area (TPSA) is 40.5 Å². The van der Waals surface area contributed by atoms with Gasteiger partial charge in [0.25, 0.3) is 0 Å². The second-order valence-corrected chi connectivity index (χ2v) is 8.80. The molecule has 146 valence electrons. The number of pyridine rings is 1. The van der Waals surface area contributed by atoms with Gasteiger partial charge in [0.15, 0.2) is 0 Å². The molecule has 1 aliphatic rings. The first-order valence-corrected chi connectivity index (χ1v) is 10.8. The Hall–Kier alpha value is -2.24. The number of aromatic nitrogens is 1. The lowest BCUT2D eigenvalue weighted by Crippen LogP contribution is -2.16. The van der Waals surface area contributed by atoms with E-state index in [0.717, 1.165) is 29.3 Å². The molecule has 0 spiro atoms. The van der Waals surface area contributed by atoms with Gasteiger partial charge in [-0.05, 0) is 67.9 Å². The van der Waals surface area contributed by atoms with Gasteiger partial charge in [0, 0.05) is 42.8 Å². The molecule has 2 heterocycles. The van der Waals surface area contributed by atoms with Crippen molar-refractivity contribution < 1.29 is 0 Å². The lowest BCUT2D eigenvalue weighted by molar-refractivity contribution is 0.674. The molecule has 0 aliphatic heterocycles. The standard InChI is InChI=1S/C23H28N4S/c1-15-11-16(2)26-23-21(15)22(27(4)24-3)20(28-23)14-25-13-17-9-10-18-7-5-6-8-19(18)12-17/h9-12,25H,3,5-8,13-14H2,1-2,4H3. The molecule has 0 atom stereocenters. The Kier molecular flexibility index (Phi) is 5.47. The summed E-state index contributed by atoms with van der Waals surface area (Å²) in [5.41, 5.74) is 7.86. The van der Waals surface area contributed by atoms with E-state index in [-0.39, 0.29) is 0 Å². The van der Waals surface area contributed by atoms with Crippen molar-refractivity contribution in [3.8, 4) is 0 Å². The summed E-state index contributed by atoms with van der Waals surface area (Å²) in [6.07, 6.45) is 5.11. The van der Waals surface area contributed by atoms with E-state index in [2.05, 4.69) is 55.2 Å². The van der Waals surface area contributed by atoms with Gasteiger partial charge < -0.3 is 5.32 Å². The van der Waals surface area contributed by atoms with E-state index in [1.54, 1.807) is 16.9 Å². The number of aryl methyl sites for hydroxylation is 4. The Morgan fingerprint density at radius 3 is 2.71 bits per heavy atom. The molecule has 4 rings (SSSR count). The molecule has 0 bridgehead atoms. The summed E-state index contributed by atoms with van der Waals surface area (Å²) in [5.74, 6) is 0. The van der Waals surface area contributed by atoms with Crippen LogP contribution in [0.15, 0.2) is 29.4 Å². The SMILES string of the molecule is C=NN(C)c1c(CNCc2ccc3c(c2)CCCC3)sc2nc(C)cc(C)c12. The first-order valence-electron chi connectivity index (χ1n) is 9.98. The maximum atomic E-state index is 4.75. The van der Waals surface area contributed by atoms with E-state index in [1.807, 2.05) is 12.1 Å². The van der Waals surface area contributed by atoms with Gasteiger partial charge in [0.1, 0.15) is 4.83 Å². The Bertz CT molecular complexity index is 1020. The first-order chi connectivity index (χ1) is 13.6. The smallest absolute Gasteiger partial charge is 0.126 e. The Morgan fingerprint density at radius 1 is 1.14 bits per heavy atom. The van der Waals surface area contributed by atoms with Crippen LogP contribution in [0, 0.1) is 13.8 Å². The van der Waals surface area contributed by atoms with Gasteiger partial charge in [-0.3, -0.25) is 5.01 Å². The van der Waals surface area contributed by atoms with Crippen LogP contribution in [-0.4, -0.2) is 18.7 Å². The van der Waals surface area contributed by atoms with Crippen molar-refractivity contribution >= 4 is 34.0 Å². The highest BCUT2D eigenvalue weighted by atomic mass is 32.1. The molecular formula is C23H28N4S. The molecule has 28 heavy (non-hydrogen) atoms. The van der Waals surface area contributed by atoms with Crippen LogP contribution in [0.2, 0.25) is 0 Å². The number of hydrogen-bond acceptors (Lipinski definition) is 5. The minimum Gasteiger partial charge on any atom is -0.308 e. The molecule has 2 aromatic heterocycles. The van der Waals surface area contributed by atoms with Gasteiger partial charge in [-0.25, -0.2) is 4.98 Å². The highest BCUT2D eigenvalue weighted by Gasteiger charge is 2.18. The highest BCUT2D eigenvalue weighted by molar-refractivity contribution is 7.19. The predicted octanol–water partition coefficient (Wildman–Crippen LogP) is 5.13. The number of rotatable bonds is 6. The van der Waals surface area contributed by atoms with Crippen molar-refractivity contribution in [2.75, 3.05) is 12.1 Å². The Labute approximate surface area is 171 Å². The third kappa shape index (κ3) is 3.69. The third-order valence-electron chi connectivity index (χ3n) is 5.60. The van der Waals surface area contributed by atoms with Crippen molar-refractivity contribution in [1.29, 1.82) is 0 Å². The number of nitrogens with one attached hydrogen (secondary N) is 1. The third-order valence-corrected chi connectivity index (χ3v) is 6.67.